The van der Waals surface area contributed by atoms with Gasteiger partial charge in [-0.2, -0.15) is 0 Å². The van der Waals surface area contributed by atoms with E-state index in [1.807, 2.05) is 36.4 Å². The second-order valence-electron chi connectivity index (χ2n) is 7.81. The fraction of sp³-hybridized carbons (Fsp3) is 0.280. The van der Waals surface area contributed by atoms with Crippen molar-refractivity contribution in [3.8, 4) is 22.5 Å². The Morgan fingerprint density at radius 2 is 1.61 bits per heavy atom. The summed E-state index contributed by atoms with van der Waals surface area (Å²) < 4.78 is 6.28. The zero-order valence-corrected chi connectivity index (χ0v) is 17.6. The first-order valence-corrected chi connectivity index (χ1v) is 11.0. The van der Waals surface area contributed by atoms with E-state index >= 15 is 0 Å². The van der Waals surface area contributed by atoms with Crippen LogP contribution in [0.2, 0.25) is 0 Å². The van der Waals surface area contributed by atoms with Crippen LogP contribution in [0.25, 0.3) is 33.6 Å². The number of piperazine rings is 1. The highest BCUT2D eigenvalue weighted by atomic mass is 16.3. The third-order valence-corrected chi connectivity index (χ3v) is 5.74. The maximum atomic E-state index is 6.28. The molecule has 2 aromatic carbocycles. The van der Waals surface area contributed by atoms with Gasteiger partial charge in [-0.3, -0.25) is 0 Å². The molecule has 0 amide bonds. The van der Waals surface area contributed by atoms with Crippen LogP contribution in [-0.2, 0) is 0 Å². The number of furan rings is 1. The monoisotopic (exact) mass is 413 g/mol. The van der Waals surface area contributed by atoms with Crippen LogP contribution in [0, 0.1) is 0 Å². The van der Waals surface area contributed by atoms with Crippen molar-refractivity contribution in [2.45, 2.75) is 6.42 Å². The van der Waals surface area contributed by atoms with E-state index in [1.54, 1.807) is 6.33 Å². The summed E-state index contributed by atoms with van der Waals surface area (Å²) in [6.45, 7) is 6.36. The maximum absolute atomic E-state index is 6.28. The van der Waals surface area contributed by atoms with Crippen LogP contribution in [0.15, 0.2) is 71.4 Å². The van der Waals surface area contributed by atoms with Crippen molar-refractivity contribution >= 4 is 16.9 Å². The molecule has 0 atom stereocenters. The quantitative estimate of drug-likeness (QED) is 0.441. The number of hydrogen-bond donors (Lipinski definition) is 2. The number of anilines is 1. The molecule has 0 unspecified atom stereocenters. The van der Waals surface area contributed by atoms with Crippen LogP contribution in [0.4, 0.5) is 5.82 Å². The first kappa shape index (κ1) is 19.7. The van der Waals surface area contributed by atoms with Crippen molar-refractivity contribution < 1.29 is 4.42 Å². The van der Waals surface area contributed by atoms with Crippen molar-refractivity contribution in [2.75, 3.05) is 44.6 Å². The maximum Gasteiger partial charge on any atom is 0.232 e. The summed E-state index contributed by atoms with van der Waals surface area (Å²) in [6, 6.07) is 20.5. The molecule has 0 aliphatic carbocycles. The van der Waals surface area contributed by atoms with Gasteiger partial charge in [-0.25, -0.2) is 9.97 Å². The molecule has 2 N–H and O–H groups in total. The van der Waals surface area contributed by atoms with Crippen LogP contribution in [0.5, 0.6) is 0 Å². The lowest BCUT2D eigenvalue weighted by Crippen LogP contribution is -2.44. The molecule has 0 saturated carbocycles. The molecule has 1 aliphatic heterocycles. The fourth-order valence-corrected chi connectivity index (χ4v) is 4.18. The van der Waals surface area contributed by atoms with Crippen LogP contribution in [0.1, 0.15) is 6.42 Å². The largest absolute Gasteiger partial charge is 0.437 e. The molecule has 4 aromatic rings. The third-order valence-electron chi connectivity index (χ3n) is 5.74. The summed E-state index contributed by atoms with van der Waals surface area (Å²) in [6.07, 6.45) is 2.64. The average molecular weight is 414 g/mol. The van der Waals surface area contributed by atoms with Gasteiger partial charge >= 0.3 is 0 Å². The standard InChI is InChI=1S/C25H27N5O/c1-3-8-19(9-4-1)21-22-24(27-12-7-15-30-16-13-26-14-17-30)28-18-29-25(22)31-23(21)20-10-5-2-6-11-20/h1-6,8-11,18,26H,7,12-17H2,(H,27,28,29). The molecule has 3 heterocycles. The first-order valence-electron chi connectivity index (χ1n) is 11.0. The van der Waals surface area contributed by atoms with E-state index in [-0.39, 0.29) is 0 Å². The van der Waals surface area contributed by atoms with E-state index in [0.717, 1.165) is 79.3 Å². The van der Waals surface area contributed by atoms with Crippen molar-refractivity contribution in [3.05, 3.63) is 67.0 Å². The van der Waals surface area contributed by atoms with Gasteiger partial charge in [-0.05, 0) is 18.5 Å². The van der Waals surface area contributed by atoms with E-state index in [2.05, 4.69) is 49.8 Å². The molecule has 0 radical (unpaired) electrons. The van der Waals surface area contributed by atoms with Gasteiger partial charge in [0.15, 0.2) is 0 Å². The number of fused-ring (bicyclic) bond motifs is 1. The molecule has 1 saturated heterocycles. The van der Waals surface area contributed by atoms with Crippen LogP contribution in [0.3, 0.4) is 0 Å². The summed E-state index contributed by atoms with van der Waals surface area (Å²) >= 11 is 0. The predicted molar refractivity (Wildman–Crippen MR) is 125 cm³/mol. The Labute approximate surface area is 182 Å². The van der Waals surface area contributed by atoms with E-state index in [4.69, 9.17) is 4.42 Å². The predicted octanol–water partition coefficient (Wildman–Crippen LogP) is 4.26. The highest BCUT2D eigenvalue weighted by Crippen LogP contribution is 2.42. The average Bonchev–Trinajstić information content (AvgIpc) is 3.24. The molecule has 6 heteroatoms. The van der Waals surface area contributed by atoms with Gasteiger partial charge in [0, 0.05) is 43.9 Å². The van der Waals surface area contributed by atoms with Crippen molar-refractivity contribution in [1.82, 2.24) is 20.2 Å². The lowest BCUT2D eigenvalue weighted by atomic mass is 9.99. The topological polar surface area (TPSA) is 66.2 Å². The van der Waals surface area contributed by atoms with Crippen molar-refractivity contribution in [1.29, 1.82) is 0 Å². The van der Waals surface area contributed by atoms with E-state index in [9.17, 15) is 0 Å². The second kappa shape index (κ2) is 9.29. The molecule has 5 rings (SSSR count). The highest BCUT2D eigenvalue weighted by molar-refractivity contribution is 6.05. The number of nitrogens with zero attached hydrogens (tertiary/aromatic N) is 3. The van der Waals surface area contributed by atoms with Gasteiger partial charge in [-0.15, -0.1) is 0 Å². The van der Waals surface area contributed by atoms with Gasteiger partial charge in [0.2, 0.25) is 5.71 Å². The Morgan fingerprint density at radius 3 is 2.35 bits per heavy atom. The number of benzene rings is 2. The Hall–Kier alpha value is -3.22. The summed E-state index contributed by atoms with van der Waals surface area (Å²) in [5.41, 5.74) is 3.77. The minimum atomic E-state index is 0.609. The smallest absolute Gasteiger partial charge is 0.232 e. The number of aromatic nitrogens is 2. The van der Waals surface area contributed by atoms with Crippen LogP contribution >= 0.6 is 0 Å². The molecular formula is C25H27N5O. The summed E-state index contributed by atoms with van der Waals surface area (Å²) in [4.78, 5) is 11.5. The number of nitrogens with one attached hydrogen (secondary N) is 2. The molecule has 0 spiro atoms. The minimum Gasteiger partial charge on any atom is -0.437 e. The van der Waals surface area contributed by atoms with E-state index in [0.29, 0.717) is 5.71 Å². The molecule has 2 aromatic heterocycles. The van der Waals surface area contributed by atoms with Crippen LogP contribution in [-0.4, -0.2) is 54.1 Å². The van der Waals surface area contributed by atoms with Gasteiger partial charge in [0.05, 0.1) is 5.39 Å². The number of hydrogen-bond acceptors (Lipinski definition) is 6. The Balaban J connectivity index is 1.47. The van der Waals surface area contributed by atoms with Gasteiger partial charge in [-0.1, -0.05) is 60.7 Å². The first-order chi connectivity index (χ1) is 15.4. The summed E-state index contributed by atoms with van der Waals surface area (Å²) in [7, 11) is 0. The van der Waals surface area contributed by atoms with Gasteiger partial charge in [0.1, 0.15) is 17.9 Å². The molecule has 6 nitrogen and oxygen atoms in total. The van der Waals surface area contributed by atoms with E-state index < -0.39 is 0 Å². The lowest BCUT2D eigenvalue weighted by molar-refractivity contribution is 0.240. The summed E-state index contributed by atoms with van der Waals surface area (Å²) in [5, 5.41) is 7.89. The van der Waals surface area contributed by atoms with Crippen molar-refractivity contribution in [3.63, 3.8) is 0 Å². The zero-order chi connectivity index (χ0) is 20.9. The SMILES string of the molecule is c1ccc(-c2oc3ncnc(NCCCN4CCNCC4)c3c2-c2ccccc2)cc1. The number of rotatable bonds is 7. The zero-order valence-electron chi connectivity index (χ0n) is 17.6. The Bertz CT molecular complexity index is 1120. The lowest BCUT2D eigenvalue weighted by Gasteiger charge is -2.27. The van der Waals surface area contributed by atoms with Gasteiger partial charge in [0.25, 0.3) is 0 Å². The second-order valence-corrected chi connectivity index (χ2v) is 7.81. The van der Waals surface area contributed by atoms with Crippen LogP contribution < -0.4 is 10.6 Å². The molecule has 0 bridgehead atoms. The molecular weight excluding hydrogens is 386 g/mol. The van der Waals surface area contributed by atoms with Gasteiger partial charge < -0.3 is 20.0 Å². The molecule has 1 aliphatic rings. The normalized spacial score (nSPS) is 14.7. The Morgan fingerprint density at radius 1 is 0.903 bits per heavy atom. The molecule has 1 fully saturated rings. The third kappa shape index (κ3) is 4.31. The highest BCUT2D eigenvalue weighted by Gasteiger charge is 2.21. The molecule has 31 heavy (non-hydrogen) atoms. The Kier molecular flexibility index (Phi) is 5.91. The summed E-state index contributed by atoms with van der Waals surface area (Å²) in [5.74, 6) is 1.65. The van der Waals surface area contributed by atoms with Crippen molar-refractivity contribution in [2.24, 2.45) is 0 Å². The fourth-order valence-electron chi connectivity index (χ4n) is 4.18. The van der Waals surface area contributed by atoms with E-state index in [1.165, 1.54) is 0 Å². The minimum absolute atomic E-state index is 0.609. The molecule has 158 valence electrons.